The first-order chi connectivity index (χ1) is 8.13. The lowest BCUT2D eigenvalue weighted by Crippen LogP contribution is -2.40. The second kappa shape index (κ2) is 4.68. The summed E-state index contributed by atoms with van der Waals surface area (Å²) in [6.07, 6.45) is 1.63. The predicted molar refractivity (Wildman–Crippen MR) is 58.5 cm³/mol. The molecule has 17 heavy (non-hydrogen) atoms. The Morgan fingerprint density at radius 1 is 1.35 bits per heavy atom. The van der Waals surface area contributed by atoms with Gasteiger partial charge in [-0.3, -0.25) is 0 Å². The minimum atomic E-state index is -0.734. The van der Waals surface area contributed by atoms with Crippen LogP contribution in [-0.2, 0) is 4.74 Å². The smallest absolute Gasteiger partial charge is 0.150 e. The number of nitrogens with one attached hydrogen (secondary N) is 1. The summed E-state index contributed by atoms with van der Waals surface area (Å²) in [5, 5.41) is 11.4. The first kappa shape index (κ1) is 11.8. The largest absolute Gasteiger partial charge is 0.381 e. The molecule has 1 aliphatic carbocycles. The van der Waals surface area contributed by atoms with Gasteiger partial charge in [0, 0.05) is 13.2 Å². The first-order valence-corrected chi connectivity index (χ1v) is 5.32. The molecule has 5 heteroatoms. The molecule has 1 N–H and O–H groups in total. The number of nitriles is 1. The molecule has 1 aromatic carbocycles. The Morgan fingerprint density at radius 3 is 2.41 bits per heavy atom. The van der Waals surface area contributed by atoms with Gasteiger partial charge in [0.2, 0.25) is 0 Å². The summed E-state index contributed by atoms with van der Waals surface area (Å²) in [5.41, 5.74) is -0.183. The van der Waals surface area contributed by atoms with Gasteiger partial charge < -0.3 is 10.1 Å². The average Bonchev–Trinajstić information content (AvgIpc) is 2.25. The number of rotatable bonds is 3. The van der Waals surface area contributed by atoms with Crippen LogP contribution < -0.4 is 5.32 Å². The second-order valence-electron chi connectivity index (χ2n) is 4.10. The van der Waals surface area contributed by atoms with Crippen molar-refractivity contribution < 1.29 is 13.5 Å². The molecule has 0 amide bonds. The monoisotopic (exact) mass is 238 g/mol. The predicted octanol–water partition coefficient (Wildman–Crippen LogP) is 2.43. The van der Waals surface area contributed by atoms with Gasteiger partial charge in [-0.2, -0.15) is 5.26 Å². The van der Waals surface area contributed by atoms with E-state index >= 15 is 0 Å². The maximum atomic E-state index is 13.5. The summed E-state index contributed by atoms with van der Waals surface area (Å²) in [6, 6.07) is 3.78. The Hall–Kier alpha value is -1.67. The summed E-state index contributed by atoms with van der Waals surface area (Å²) in [6.45, 7) is 0. The van der Waals surface area contributed by atoms with Crippen LogP contribution in [-0.4, -0.2) is 19.3 Å². The Kier molecular flexibility index (Phi) is 3.25. The van der Waals surface area contributed by atoms with Gasteiger partial charge in [-0.1, -0.05) is 0 Å². The highest BCUT2D eigenvalue weighted by Gasteiger charge is 2.30. The van der Waals surface area contributed by atoms with Crippen molar-refractivity contribution in [3.05, 3.63) is 29.3 Å². The van der Waals surface area contributed by atoms with E-state index < -0.39 is 11.6 Å². The number of hydrogen-bond donors (Lipinski definition) is 1. The third-order valence-corrected chi connectivity index (χ3v) is 2.95. The molecule has 0 atom stereocenters. The third kappa shape index (κ3) is 2.37. The number of halogens is 2. The van der Waals surface area contributed by atoms with Gasteiger partial charge >= 0.3 is 0 Å². The Bertz CT molecular complexity index is 441. The molecule has 0 radical (unpaired) electrons. The van der Waals surface area contributed by atoms with E-state index in [1.165, 1.54) is 0 Å². The van der Waals surface area contributed by atoms with Crippen LogP contribution in [0.25, 0.3) is 0 Å². The topological polar surface area (TPSA) is 45.0 Å². The quantitative estimate of drug-likeness (QED) is 0.879. The van der Waals surface area contributed by atoms with Crippen molar-refractivity contribution in [2.24, 2.45) is 0 Å². The van der Waals surface area contributed by atoms with Gasteiger partial charge in [0.05, 0.1) is 17.7 Å². The maximum absolute atomic E-state index is 13.5. The minimum Gasteiger partial charge on any atom is -0.381 e. The molecule has 1 fully saturated rings. The van der Waals surface area contributed by atoms with Crippen LogP contribution in [0.5, 0.6) is 0 Å². The van der Waals surface area contributed by atoms with E-state index in [4.69, 9.17) is 10.00 Å². The van der Waals surface area contributed by atoms with E-state index in [1.807, 2.05) is 0 Å². The van der Waals surface area contributed by atoms with Gasteiger partial charge in [-0.15, -0.1) is 0 Å². The molecule has 0 spiro atoms. The third-order valence-electron chi connectivity index (χ3n) is 2.95. The lowest BCUT2D eigenvalue weighted by Gasteiger charge is -2.35. The van der Waals surface area contributed by atoms with Gasteiger partial charge in [-0.25, -0.2) is 8.78 Å². The van der Waals surface area contributed by atoms with E-state index in [2.05, 4.69) is 5.32 Å². The summed E-state index contributed by atoms with van der Waals surface area (Å²) in [5.74, 6) is -1.47. The Morgan fingerprint density at radius 2 is 1.94 bits per heavy atom. The van der Waals surface area contributed by atoms with Crippen molar-refractivity contribution >= 4 is 5.69 Å². The number of benzene rings is 1. The van der Waals surface area contributed by atoms with E-state index in [0.717, 1.165) is 25.0 Å². The van der Waals surface area contributed by atoms with Crippen molar-refractivity contribution in [3.8, 4) is 6.07 Å². The normalized spacial score (nSPS) is 22.7. The van der Waals surface area contributed by atoms with E-state index in [0.29, 0.717) is 0 Å². The van der Waals surface area contributed by atoms with Crippen molar-refractivity contribution in [1.82, 2.24) is 0 Å². The molecule has 0 aromatic heterocycles. The van der Waals surface area contributed by atoms with Crippen LogP contribution in [0, 0.1) is 23.0 Å². The molecule has 0 saturated heterocycles. The molecule has 1 aromatic rings. The molecule has 90 valence electrons. The number of ether oxygens (including phenoxy) is 1. The van der Waals surface area contributed by atoms with Crippen molar-refractivity contribution in [2.45, 2.75) is 25.0 Å². The number of nitrogens with zero attached hydrogens (tertiary/aromatic N) is 1. The van der Waals surface area contributed by atoms with Gasteiger partial charge in [-0.05, 0) is 25.0 Å². The molecule has 0 aliphatic heterocycles. The average molecular weight is 238 g/mol. The molecule has 1 saturated carbocycles. The molecule has 2 rings (SSSR count). The summed E-state index contributed by atoms with van der Waals surface area (Å²) < 4.78 is 32.1. The van der Waals surface area contributed by atoms with Crippen LogP contribution in [0.15, 0.2) is 12.1 Å². The van der Waals surface area contributed by atoms with Crippen molar-refractivity contribution in [2.75, 3.05) is 12.4 Å². The van der Waals surface area contributed by atoms with Crippen LogP contribution in [0.1, 0.15) is 18.4 Å². The molecule has 0 unspecified atom stereocenters. The highest BCUT2D eigenvalue weighted by molar-refractivity contribution is 5.51. The zero-order valence-electron chi connectivity index (χ0n) is 9.34. The number of anilines is 1. The van der Waals surface area contributed by atoms with E-state index in [1.54, 1.807) is 13.2 Å². The van der Waals surface area contributed by atoms with Gasteiger partial charge in [0.25, 0.3) is 0 Å². The van der Waals surface area contributed by atoms with E-state index in [-0.39, 0.29) is 23.4 Å². The van der Waals surface area contributed by atoms with Crippen LogP contribution in [0.2, 0.25) is 0 Å². The first-order valence-electron chi connectivity index (χ1n) is 5.32. The molecular weight excluding hydrogens is 226 g/mol. The molecule has 1 aliphatic rings. The highest BCUT2D eigenvalue weighted by Crippen LogP contribution is 2.29. The minimum absolute atomic E-state index is 0.0195. The van der Waals surface area contributed by atoms with Gasteiger partial charge in [0.15, 0.2) is 11.6 Å². The SMILES string of the molecule is COC1CC(Nc2c(F)cc(C#N)cc2F)C1. The fraction of sp³-hybridized carbons (Fsp3) is 0.417. The molecular formula is C12H12F2N2O. The number of hydrogen-bond acceptors (Lipinski definition) is 3. The lowest BCUT2D eigenvalue weighted by atomic mass is 9.89. The standard InChI is InChI=1S/C12H12F2N2O/c1-17-9-4-8(5-9)16-12-10(13)2-7(6-15)3-11(12)14/h2-3,8-9,16H,4-5H2,1H3. The summed E-state index contributed by atoms with van der Waals surface area (Å²) in [4.78, 5) is 0. The zero-order valence-corrected chi connectivity index (χ0v) is 9.34. The lowest BCUT2D eigenvalue weighted by molar-refractivity contribution is 0.0327. The van der Waals surface area contributed by atoms with Crippen molar-refractivity contribution in [3.63, 3.8) is 0 Å². The Labute approximate surface area is 98.0 Å². The Balaban J connectivity index is 2.09. The van der Waals surface area contributed by atoms with Crippen LogP contribution >= 0.6 is 0 Å². The van der Waals surface area contributed by atoms with Crippen LogP contribution in [0.4, 0.5) is 14.5 Å². The summed E-state index contributed by atoms with van der Waals surface area (Å²) >= 11 is 0. The van der Waals surface area contributed by atoms with Crippen LogP contribution in [0.3, 0.4) is 0 Å². The molecule has 0 bridgehead atoms. The van der Waals surface area contributed by atoms with Gasteiger partial charge in [0.1, 0.15) is 5.69 Å². The van der Waals surface area contributed by atoms with Crippen molar-refractivity contribution in [1.29, 1.82) is 5.26 Å². The maximum Gasteiger partial charge on any atom is 0.150 e. The fourth-order valence-electron chi connectivity index (χ4n) is 1.86. The molecule has 0 heterocycles. The fourth-order valence-corrected chi connectivity index (χ4v) is 1.86. The summed E-state index contributed by atoms with van der Waals surface area (Å²) in [7, 11) is 1.61. The number of methoxy groups -OCH3 is 1. The zero-order chi connectivity index (χ0) is 12.4. The van der Waals surface area contributed by atoms with E-state index in [9.17, 15) is 8.78 Å². The molecule has 3 nitrogen and oxygen atoms in total. The second-order valence-corrected chi connectivity index (χ2v) is 4.10. The highest BCUT2D eigenvalue weighted by atomic mass is 19.1.